The summed E-state index contributed by atoms with van der Waals surface area (Å²) in [5.41, 5.74) is 0.998. The van der Waals surface area contributed by atoms with Gasteiger partial charge >= 0.3 is 0 Å². The van der Waals surface area contributed by atoms with Gasteiger partial charge in [-0.05, 0) is 59.1 Å². The fourth-order valence-electron chi connectivity index (χ4n) is 6.34. The molecule has 1 fully saturated rings. The molecule has 14 heteroatoms. The van der Waals surface area contributed by atoms with Gasteiger partial charge in [-0.2, -0.15) is 4.98 Å². The summed E-state index contributed by atoms with van der Waals surface area (Å²) in [5.74, 6) is 0.937. The number of carbonyl (C=O) groups excluding carboxylic acids is 1. The van der Waals surface area contributed by atoms with Crippen LogP contribution in [-0.4, -0.2) is 78.0 Å². The monoisotopic (exact) mass is 741 g/mol. The Morgan fingerprint density at radius 3 is 2.04 bits per heavy atom. The third-order valence-electron chi connectivity index (χ3n) is 10.2. The van der Waals surface area contributed by atoms with Gasteiger partial charge in [0, 0.05) is 6.92 Å². The summed E-state index contributed by atoms with van der Waals surface area (Å²) in [4.78, 5) is 36.2. The summed E-state index contributed by atoms with van der Waals surface area (Å²) in [5, 5.41) is 14.5. The van der Waals surface area contributed by atoms with Crippen molar-refractivity contribution >= 4 is 31.3 Å². The van der Waals surface area contributed by atoms with Crippen LogP contribution >= 0.6 is 0 Å². The maximum Gasteiger partial charge on any atom is 0.280 e. The minimum atomic E-state index is -2.53. The Hall–Kier alpha value is -4.86. The zero-order chi connectivity index (χ0) is 38.1. The van der Waals surface area contributed by atoms with Crippen LogP contribution in [0.4, 0.5) is 5.95 Å². The topological polar surface area (TPSA) is 159 Å². The molecule has 1 saturated heterocycles. The molecular formula is C39H47N5O8Si. The van der Waals surface area contributed by atoms with Gasteiger partial charge in [0.25, 0.3) is 5.56 Å². The van der Waals surface area contributed by atoms with Crippen molar-refractivity contribution in [3.63, 3.8) is 0 Å². The first kappa shape index (κ1) is 37.9. The van der Waals surface area contributed by atoms with Gasteiger partial charge in [0.15, 0.2) is 25.7 Å². The first-order chi connectivity index (χ1) is 25.2. The lowest BCUT2D eigenvalue weighted by molar-refractivity contribution is -0.114. The van der Waals surface area contributed by atoms with Crippen LogP contribution in [0.3, 0.4) is 0 Å². The van der Waals surface area contributed by atoms with Crippen LogP contribution in [0.25, 0.3) is 11.2 Å². The molecule has 0 spiro atoms. The van der Waals surface area contributed by atoms with Crippen molar-refractivity contribution in [3.05, 3.63) is 112 Å². The van der Waals surface area contributed by atoms with Crippen LogP contribution in [0.15, 0.2) is 90.0 Å². The molecule has 53 heavy (non-hydrogen) atoms. The summed E-state index contributed by atoms with van der Waals surface area (Å²) in [6.07, 6.45) is -2.46. The van der Waals surface area contributed by atoms with Crippen molar-refractivity contribution in [2.24, 2.45) is 0 Å². The summed E-state index contributed by atoms with van der Waals surface area (Å²) >= 11 is 0. The number of H-pyrrole nitrogens is 1. The largest absolute Gasteiger partial charge is 0.497 e. The number of aliphatic hydroxyl groups excluding tert-OH is 1. The number of nitrogens with one attached hydrogen (secondary N) is 2. The van der Waals surface area contributed by atoms with E-state index in [0.717, 1.165) is 16.7 Å². The van der Waals surface area contributed by atoms with E-state index in [1.165, 1.54) is 13.3 Å². The van der Waals surface area contributed by atoms with Crippen molar-refractivity contribution < 1.29 is 33.3 Å². The first-order valence-corrected chi connectivity index (χ1v) is 20.3. The van der Waals surface area contributed by atoms with Crippen molar-refractivity contribution in [2.45, 2.75) is 76.0 Å². The number of amides is 1. The van der Waals surface area contributed by atoms with Gasteiger partial charge in [0.05, 0.1) is 27.2 Å². The molecule has 0 aliphatic carbocycles. The zero-order valence-electron chi connectivity index (χ0n) is 31.2. The summed E-state index contributed by atoms with van der Waals surface area (Å²) in [7, 11) is 0.710. The lowest BCUT2D eigenvalue weighted by Crippen LogP contribution is -2.49. The summed E-state index contributed by atoms with van der Waals surface area (Å²) in [6.45, 7) is 11.8. The fraction of sp³-hybridized carbons (Fsp3) is 0.385. The standard InChI is InChI=1S/C39H47N5O8Si/c1-24(45)41-37-42-34-31(35(47)43-37)40-23-44(34)36-33(52-53(7,8)38(2,3)4)32(46)30(51-36)22-50-39(25-12-10-9-11-13-25,26-14-18-28(48-5)19-15-26)27-16-20-29(49-6)21-17-27/h9-21,23,30,32-33,36,46H,22H2,1-8H3,(H2,41,42,43,45,47)/t30-,32+,33?,36-/m1/s1. The van der Waals surface area contributed by atoms with E-state index < -0.39 is 49.9 Å². The lowest BCUT2D eigenvalue weighted by Gasteiger charge is -2.40. The van der Waals surface area contributed by atoms with E-state index in [2.05, 4.69) is 54.1 Å². The highest BCUT2D eigenvalue weighted by Gasteiger charge is 2.52. The molecule has 0 bridgehead atoms. The lowest BCUT2D eigenvalue weighted by atomic mass is 9.80. The van der Waals surface area contributed by atoms with E-state index in [4.69, 9.17) is 23.4 Å². The van der Waals surface area contributed by atoms with Gasteiger partial charge in [-0.15, -0.1) is 0 Å². The average Bonchev–Trinajstić information content (AvgIpc) is 3.69. The normalized spacial score (nSPS) is 19.3. The molecule has 3 heterocycles. The minimum Gasteiger partial charge on any atom is -0.497 e. The number of anilines is 1. The fourth-order valence-corrected chi connectivity index (χ4v) is 7.63. The number of imidazole rings is 1. The van der Waals surface area contributed by atoms with Crippen molar-refractivity contribution in [3.8, 4) is 11.5 Å². The van der Waals surface area contributed by atoms with Crippen LogP contribution in [0, 0.1) is 0 Å². The van der Waals surface area contributed by atoms with Crippen LogP contribution in [0.5, 0.6) is 11.5 Å². The molecule has 6 rings (SSSR count). The first-order valence-electron chi connectivity index (χ1n) is 17.4. The van der Waals surface area contributed by atoms with Crippen molar-refractivity contribution in [1.29, 1.82) is 0 Å². The molecule has 4 atom stereocenters. The molecule has 3 N–H and O–H groups in total. The molecule has 0 radical (unpaired) electrons. The van der Waals surface area contributed by atoms with Crippen molar-refractivity contribution in [1.82, 2.24) is 19.5 Å². The smallest absolute Gasteiger partial charge is 0.280 e. The third kappa shape index (κ3) is 7.37. The number of ether oxygens (including phenoxy) is 4. The second-order valence-electron chi connectivity index (χ2n) is 14.6. The average molecular weight is 742 g/mol. The number of fused-ring (bicyclic) bond motifs is 1. The highest BCUT2D eigenvalue weighted by Crippen LogP contribution is 2.45. The molecule has 13 nitrogen and oxygen atoms in total. The van der Waals surface area contributed by atoms with Gasteiger partial charge in [-0.1, -0.05) is 75.4 Å². The number of carbonyl (C=O) groups is 1. The third-order valence-corrected chi connectivity index (χ3v) is 14.7. The number of aromatic nitrogens is 4. The minimum absolute atomic E-state index is 0.0383. The van der Waals surface area contributed by atoms with E-state index in [-0.39, 0.29) is 28.8 Å². The summed E-state index contributed by atoms with van der Waals surface area (Å²) in [6, 6.07) is 25.2. The molecule has 2 aromatic heterocycles. The number of aromatic amines is 1. The Bertz CT molecular complexity index is 2050. The molecule has 1 aliphatic rings. The van der Waals surface area contributed by atoms with E-state index in [1.807, 2.05) is 78.9 Å². The molecule has 0 saturated carbocycles. The number of nitrogens with zero attached hydrogens (tertiary/aromatic N) is 3. The van der Waals surface area contributed by atoms with E-state index >= 15 is 0 Å². The Kier molecular flexibility index (Phi) is 10.6. The van der Waals surface area contributed by atoms with Crippen LogP contribution in [-0.2, 0) is 24.3 Å². The SMILES string of the molecule is COc1ccc(C(OC[C@H]2O[C@@H](n3cnc4c(=O)[nH]c(NC(C)=O)nc43)C(O[Si](C)(C)C(C)(C)C)[C@H]2O)(c2ccccc2)c2ccc(OC)cc2)cc1. The summed E-state index contributed by atoms with van der Waals surface area (Å²) < 4.78 is 33.3. The zero-order valence-corrected chi connectivity index (χ0v) is 32.2. The predicted octanol–water partition coefficient (Wildman–Crippen LogP) is 5.75. The number of hydrogen-bond acceptors (Lipinski definition) is 10. The van der Waals surface area contributed by atoms with E-state index in [1.54, 1.807) is 18.8 Å². The molecule has 1 unspecified atom stereocenters. The van der Waals surface area contributed by atoms with Gasteiger partial charge in [0.2, 0.25) is 11.9 Å². The van der Waals surface area contributed by atoms with Gasteiger partial charge < -0.3 is 28.5 Å². The molecule has 5 aromatic rings. The quantitative estimate of drug-likeness (QED) is 0.106. The Morgan fingerprint density at radius 2 is 1.51 bits per heavy atom. The van der Waals surface area contributed by atoms with Crippen LogP contribution in [0.1, 0.15) is 50.6 Å². The molecule has 3 aromatic carbocycles. The Balaban J connectivity index is 1.45. The van der Waals surface area contributed by atoms with E-state index in [0.29, 0.717) is 11.5 Å². The van der Waals surface area contributed by atoms with Crippen LogP contribution < -0.4 is 20.3 Å². The Labute approximate surface area is 309 Å². The van der Waals surface area contributed by atoms with Gasteiger partial charge in [0.1, 0.15) is 35.4 Å². The highest BCUT2D eigenvalue weighted by atomic mass is 28.4. The number of benzene rings is 3. The molecular weight excluding hydrogens is 695 g/mol. The molecule has 280 valence electrons. The van der Waals surface area contributed by atoms with Crippen molar-refractivity contribution in [2.75, 3.05) is 26.1 Å². The predicted molar refractivity (Wildman–Crippen MR) is 203 cm³/mol. The second-order valence-corrected chi connectivity index (χ2v) is 19.4. The number of rotatable bonds is 12. The maximum absolute atomic E-state index is 13.0. The highest BCUT2D eigenvalue weighted by molar-refractivity contribution is 6.74. The van der Waals surface area contributed by atoms with Gasteiger partial charge in [-0.3, -0.25) is 24.5 Å². The number of hydrogen-bond donors (Lipinski definition) is 3. The molecule has 1 amide bonds. The molecule has 1 aliphatic heterocycles. The second kappa shape index (κ2) is 14.9. The van der Waals surface area contributed by atoms with Gasteiger partial charge in [-0.25, -0.2) is 4.98 Å². The van der Waals surface area contributed by atoms with E-state index in [9.17, 15) is 14.7 Å². The number of methoxy groups -OCH3 is 2. The Morgan fingerprint density at radius 1 is 0.943 bits per heavy atom. The van der Waals surface area contributed by atoms with Crippen LogP contribution in [0.2, 0.25) is 18.1 Å². The maximum atomic E-state index is 13.0. The number of aliphatic hydroxyl groups is 1.